The second-order valence-corrected chi connectivity index (χ2v) is 10.4. The van der Waals surface area contributed by atoms with Crippen molar-refractivity contribution in [1.82, 2.24) is 0 Å². The monoisotopic (exact) mass is 582 g/mol. The molecule has 0 radical (unpaired) electrons. The Balaban J connectivity index is 0. The normalized spacial score (nSPS) is 12.2. The molecule has 0 heterocycles. The maximum absolute atomic E-state index is 10.3. The lowest BCUT2D eigenvalue weighted by Gasteiger charge is -1.92. The third-order valence-corrected chi connectivity index (χ3v) is 6.25. The molecule has 0 aromatic rings. The molecule has 0 rings (SSSR count). The van der Waals surface area contributed by atoms with Gasteiger partial charge in [-0.3, -0.25) is 9.59 Å². The molecule has 4 nitrogen and oxygen atoms in total. The van der Waals surface area contributed by atoms with Gasteiger partial charge in [-0.1, -0.05) is 125 Å². The summed E-state index contributed by atoms with van der Waals surface area (Å²) in [5.41, 5.74) is 0. The van der Waals surface area contributed by atoms with Crippen LogP contribution in [0, 0.1) is 0 Å². The Hall–Kier alpha value is -2.88. The number of aliphatic carboxylic acids is 2. The number of rotatable bonds is 27. The van der Waals surface area contributed by atoms with Crippen molar-refractivity contribution >= 4 is 11.9 Å². The van der Waals surface area contributed by atoms with Crippen LogP contribution in [0.5, 0.6) is 0 Å². The van der Waals surface area contributed by atoms with Crippen LogP contribution >= 0.6 is 0 Å². The number of carboxylic acids is 2. The van der Waals surface area contributed by atoms with Crippen LogP contribution in [0.1, 0.15) is 142 Å². The first-order valence-electron chi connectivity index (χ1n) is 16.5. The van der Waals surface area contributed by atoms with E-state index in [1.54, 1.807) is 0 Å². The Morgan fingerprint density at radius 2 is 0.643 bits per heavy atom. The van der Waals surface area contributed by atoms with Crippen molar-refractivity contribution in [2.45, 2.75) is 142 Å². The number of carboxylic acid groups (broad SMARTS) is 2. The van der Waals surface area contributed by atoms with Gasteiger partial charge < -0.3 is 10.2 Å². The van der Waals surface area contributed by atoms with E-state index in [4.69, 9.17) is 10.2 Å². The molecule has 0 amide bonds. The molecule has 2 N–H and O–H groups in total. The van der Waals surface area contributed by atoms with Crippen LogP contribution in [0.25, 0.3) is 0 Å². The second-order valence-electron chi connectivity index (χ2n) is 10.4. The van der Waals surface area contributed by atoms with Crippen molar-refractivity contribution in [1.29, 1.82) is 0 Å². The number of carbonyl (C=O) groups is 2. The van der Waals surface area contributed by atoms with Crippen LogP contribution in [0.3, 0.4) is 0 Å². The van der Waals surface area contributed by atoms with Crippen molar-refractivity contribution in [3.63, 3.8) is 0 Å². The fourth-order valence-electron chi connectivity index (χ4n) is 3.76. The lowest BCUT2D eigenvalue weighted by molar-refractivity contribution is -0.138. The molecule has 0 aliphatic carbocycles. The smallest absolute Gasteiger partial charge is 0.303 e. The minimum absolute atomic E-state index is 0.262. The molecule has 0 spiro atoms. The Kier molecular flexibility index (Phi) is 37.4. The summed E-state index contributed by atoms with van der Waals surface area (Å²) in [5, 5.41) is 17.0. The molecule has 0 saturated carbocycles. The quantitative estimate of drug-likeness (QED) is 0.0746. The molecule has 0 unspecified atom stereocenters. The van der Waals surface area contributed by atoms with E-state index in [2.05, 4.69) is 98.9 Å². The van der Waals surface area contributed by atoms with E-state index in [1.165, 1.54) is 51.4 Å². The van der Waals surface area contributed by atoms with Crippen LogP contribution in [0.15, 0.2) is 85.1 Å². The molecule has 0 fully saturated rings. The van der Waals surface area contributed by atoms with Crippen molar-refractivity contribution < 1.29 is 19.8 Å². The van der Waals surface area contributed by atoms with E-state index < -0.39 is 11.9 Å². The predicted molar refractivity (Wildman–Crippen MR) is 183 cm³/mol. The van der Waals surface area contributed by atoms with Gasteiger partial charge in [0, 0.05) is 12.8 Å². The summed E-state index contributed by atoms with van der Waals surface area (Å²) in [4.78, 5) is 20.6. The SMILES string of the molecule is CCCCC/C=C\C/C=C\C/C=C\C/C=C\CCCC(=O)O.CCCCC/C=C\C/C=C\C/C=C\CCCCC(=O)O. The van der Waals surface area contributed by atoms with Crippen molar-refractivity contribution in [2.24, 2.45) is 0 Å². The van der Waals surface area contributed by atoms with Gasteiger partial charge in [0.25, 0.3) is 0 Å². The summed E-state index contributed by atoms with van der Waals surface area (Å²) < 4.78 is 0. The third-order valence-electron chi connectivity index (χ3n) is 6.25. The van der Waals surface area contributed by atoms with Gasteiger partial charge in [0.15, 0.2) is 0 Å². The Morgan fingerprint density at radius 1 is 0.381 bits per heavy atom. The van der Waals surface area contributed by atoms with Crippen LogP contribution in [0.2, 0.25) is 0 Å². The number of hydrogen-bond acceptors (Lipinski definition) is 2. The molecular formula is C38H62O4. The Morgan fingerprint density at radius 3 is 0.952 bits per heavy atom. The van der Waals surface area contributed by atoms with E-state index >= 15 is 0 Å². The summed E-state index contributed by atoms with van der Waals surface area (Å²) >= 11 is 0. The number of allylic oxidation sites excluding steroid dienone is 14. The average molecular weight is 583 g/mol. The average Bonchev–Trinajstić information content (AvgIpc) is 2.97. The molecule has 0 aliphatic heterocycles. The van der Waals surface area contributed by atoms with Gasteiger partial charge in [0.1, 0.15) is 0 Å². The minimum Gasteiger partial charge on any atom is -0.481 e. The molecule has 0 saturated heterocycles. The van der Waals surface area contributed by atoms with Crippen LogP contribution < -0.4 is 0 Å². The molecule has 0 atom stereocenters. The second kappa shape index (κ2) is 38.1. The largest absolute Gasteiger partial charge is 0.481 e. The van der Waals surface area contributed by atoms with Crippen molar-refractivity contribution in [2.75, 3.05) is 0 Å². The Labute approximate surface area is 258 Å². The molecule has 4 heteroatoms. The van der Waals surface area contributed by atoms with Crippen molar-refractivity contribution in [3.8, 4) is 0 Å². The number of unbranched alkanes of at least 4 members (excludes halogenated alkanes) is 9. The van der Waals surface area contributed by atoms with Crippen LogP contribution in [-0.4, -0.2) is 22.2 Å². The van der Waals surface area contributed by atoms with Gasteiger partial charge in [0.05, 0.1) is 0 Å². The Bertz CT molecular complexity index is 796. The summed E-state index contributed by atoms with van der Waals surface area (Å²) in [6.07, 6.45) is 50.7. The van der Waals surface area contributed by atoms with Gasteiger partial charge >= 0.3 is 11.9 Å². The van der Waals surface area contributed by atoms with E-state index in [1.807, 2.05) is 0 Å². The highest BCUT2D eigenvalue weighted by Gasteiger charge is 1.94. The maximum atomic E-state index is 10.3. The van der Waals surface area contributed by atoms with E-state index in [0.29, 0.717) is 6.42 Å². The number of hydrogen-bond donors (Lipinski definition) is 2. The lowest BCUT2D eigenvalue weighted by Crippen LogP contribution is -1.92. The first kappa shape index (κ1) is 41.3. The summed E-state index contributed by atoms with van der Waals surface area (Å²) in [7, 11) is 0. The van der Waals surface area contributed by atoms with Gasteiger partial charge in [-0.25, -0.2) is 0 Å². The molecule has 0 aliphatic rings. The third kappa shape index (κ3) is 44.1. The highest BCUT2D eigenvalue weighted by molar-refractivity contribution is 5.66. The molecule has 238 valence electrons. The highest BCUT2D eigenvalue weighted by Crippen LogP contribution is 2.03. The minimum atomic E-state index is -0.712. The van der Waals surface area contributed by atoms with E-state index in [-0.39, 0.29) is 6.42 Å². The topological polar surface area (TPSA) is 74.6 Å². The zero-order valence-electron chi connectivity index (χ0n) is 26.9. The fraction of sp³-hybridized carbons (Fsp3) is 0.579. The molecule has 0 aromatic heterocycles. The van der Waals surface area contributed by atoms with Crippen molar-refractivity contribution in [3.05, 3.63) is 85.1 Å². The summed E-state index contributed by atoms with van der Waals surface area (Å²) in [6.45, 7) is 4.46. The zero-order valence-corrected chi connectivity index (χ0v) is 26.9. The standard InChI is InChI=1S/C20H32O2.C18H30O2/c1-2-3-4-5-6-7-8-9-10-11-12-13-14-15-16-17-18-19-20(21)22;1-2-3-4-5-6-7-8-9-10-11-12-13-14-15-16-17-18(19)20/h6-7,9-10,12-13,15-16H,2-5,8,11,14,17-19H2,1H3,(H,21,22);6-7,9-10,12-13H,2-5,8,11,14-17H2,1H3,(H,19,20)/b7-6-,10-9-,13-12-,16-15-;7-6-,10-9-,13-12-. The molecule has 0 bridgehead atoms. The lowest BCUT2D eigenvalue weighted by atomic mass is 10.2. The van der Waals surface area contributed by atoms with Gasteiger partial charge in [-0.2, -0.15) is 0 Å². The van der Waals surface area contributed by atoms with E-state index in [0.717, 1.165) is 64.2 Å². The van der Waals surface area contributed by atoms with Gasteiger partial charge in [-0.05, 0) is 89.9 Å². The molecule has 0 aromatic carbocycles. The van der Waals surface area contributed by atoms with Gasteiger partial charge in [-0.15, -0.1) is 0 Å². The molecular weight excluding hydrogens is 520 g/mol. The first-order chi connectivity index (χ1) is 20.5. The van der Waals surface area contributed by atoms with Crippen LogP contribution in [-0.2, 0) is 9.59 Å². The molecule has 42 heavy (non-hydrogen) atoms. The fourth-order valence-corrected chi connectivity index (χ4v) is 3.76. The summed E-state index contributed by atoms with van der Waals surface area (Å²) in [6, 6.07) is 0. The highest BCUT2D eigenvalue weighted by atomic mass is 16.4. The van der Waals surface area contributed by atoms with E-state index in [9.17, 15) is 9.59 Å². The summed E-state index contributed by atoms with van der Waals surface area (Å²) in [5.74, 6) is -1.41. The maximum Gasteiger partial charge on any atom is 0.303 e. The zero-order chi connectivity index (χ0) is 31.2. The predicted octanol–water partition coefficient (Wildman–Crippen LogP) is 11.9. The van der Waals surface area contributed by atoms with Gasteiger partial charge in [0.2, 0.25) is 0 Å². The van der Waals surface area contributed by atoms with Crippen LogP contribution in [0.4, 0.5) is 0 Å². The first-order valence-corrected chi connectivity index (χ1v) is 16.5.